The van der Waals surface area contributed by atoms with Crippen LogP contribution in [0.25, 0.3) is 11.0 Å². The standard InChI is InChI=1S/C10H9N3O4S3/c14-10(15)7-4-18-5-13(7)20(16,17)8-3-1-2-6-9(8)12-19-11-6/h1-3,7H,4-5H2,(H,14,15)/p-1/t7-/m0/s1. The molecule has 7 nitrogen and oxygen atoms in total. The highest BCUT2D eigenvalue weighted by atomic mass is 32.2. The van der Waals surface area contributed by atoms with Crippen molar-refractivity contribution in [3.05, 3.63) is 18.2 Å². The van der Waals surface area contributed by atoms with Crippen LogP contribution >= 0.6 is 23.5 Å². The topological polar surface area (TPSA) is 103 Å². The molecule has 2 aromatic rings. The minimum absolute atomic E-state index is 0.0162. The third-order valence-electron chi connectivity index (χ3n) is 2.95. The van der Waals surface area contributed by atoms with Crippen LogP contribution in [0.5, 0.6) is 0 Å². The van der Waals surface area contributed by atoms with Gasteiger partial charge in [-0.1, -0.05) is 6.07 Å². The summed E-state index contributed by atoms with van der Waals surface area (Å²) in [6.45, 7) is 0. The van der Waals surface area contributed by atoms with Crippen LogP contribution in [-0.4, -0.2) is 45.1 Å². The van der Waals surface area contributed by atoms with Crippen molar-refractivity contribution < 1.29 is 18.3 Å². The lowest BCUT2D eigenvalue weighted by atomic mass is 10.3. The summed E-state index contributed by atoms with van der Waals surface area (Å²) < 4.78 is 34.2. The maximum atomic E-state index is 12.6. The van der Waals surface area contributed by atoms with Gasteiger partial charge in [0.2, 0.25) is 10.0 Å². The number of benzene rings is 1. The van der Waals surface area contributed by atoms with E-state index in [2.05, 4.69) is 8.75 Å². The van der Waals surface area contributed by atoms with Crippen LogP contribution in [0, 0.1) is 0 Å². The van der Waals surface area contributed by atoms with Crippen LogP contribution in [0.4, 0.5) is 0 Å². The highest BCUT2D eigenvalue weighted by Gasteiger charge is 2.37. The zero-order chi connectivity index (χ0) is 14.3. The summed E-state index contributed by atoms with van der Waals surface area (Å²) >= 11 is 2.16. The van der Waals surface area contributed by atoms with Crippen LogP contribution in [0.2, 0.25) is 0 Å². The van der Waals surface area contributed by atoms with Crippen molar-refractivity contribution in [1.82, 2.24) is 13.1 Å². The number of nitrogens with zero attached hydrogens (tertiary/aromatic N) is 3. The maximum absolute atomic E-state index is 12.6. The number of fused-ring (bicyclic) bond motifs is 1. The molecular formula is C10H8N3O4S3-. The van der Waals surface area contributed by atoms with Gasteiger partial charge in [-0.25, -0.2) is 8.42 Å². The summed E-state index contributed by atoms with van der Waals surface area (Å²) in [6, 6.07) is 3.49. The molecule has 0 N–H and O–H groups in total. The van der Waals surface area contributed by atoms with Crippen molar-refractivity contribution >= 4 is 50.5 Å². The molecule has 1 atom stereocenters. The van der Waals surface area contributed by atoms with Gasteiger partial charge < -0.3 is 9.90 Å². The summed E-state index contributed by atoms with van der Waals surface area (Å²) in [4.78, 5) is 11.0. The Morgan fingerprint density at radius 2 is 2.20 bits per heavy atom. The third-order valence-corrected chi connectivity index (χ3v) is 6.55. The fourth-order valence-electron chi connectivity index (χ4n) is 1.97. The molecule has 20 heavy (non-hydrogen) atoms. The van der Waals surface area contributed by atoms with E-state index in [1.165, 1.54) is 17.8 Å². The summed E-state index contributed by atoms with van der Waals surface area (Å²) in [5.41, 5.74) is 0.749. The van der Waals surface area contributed by atoms with E-state index in [1.807, 2.05) is 0 Å². The first kappa shape index (κ1) is 13.7. The fraction of sp³-hybridized carbons (Fsp3) is 0.300. The molecule has 1 aromatic heterocycles. The molecule has 0 radical (unpaired) electrons. The molecule has 10 heteroatoms. The van der Waals surface area contributed by atoms with Crippen molar-refractivity contribution in [1.29, 1.82) is 0 Å². The average molecular weight is 330 g/mol. The Morgan fingerprint density at radius 3 is 2.95 bits per heavy atom. The Labute approximate surface area is 123 Å². The Morgan fingerprint density at radius 1 is 1.40 bits per heavy atom. The number of carbonyl (C=O) groups is 1. The number of carboxylic acid groups (broad SMARTS) is 1. The second-order valence-electron chi connectivity index (χ2n) is 4.11. The number of hydrogen-bond donors (Lipinski definition) is 0. The van der Waals surface area contributed by atoms with E-state index in [4.69, 9.17) is 0 Å². The van der Waals surface area contributed by atoms with Crippen molar-refractivity contribution in [2.75, 3.05) is 11.6 Å². The van der Waals surface area contributed by atoms with E-state index in [0.717, 1.165) is 16.0 Å². The number of rotatable bonds is 3. The second kappa shape index (κ2) is 4.95. The number of carbonyl (C=O) groups excluding carboxylic acids is 1. The van der Waals surface area contributed by atoms with Gasteiger partial charge in [-0.15, -0.1) is 11.8 Å². The van der Waals surface area contributed by atoms with Gasteiger partial charge in [0.15, 0.2) is 0 Å². The van der Waals surface area contributed by atoms with E-state index in [-0.39, 0.29) is 22.0 Å². The largest absolute Gasteiger partial charge is 0.548 e. The highest BCUT2D eigenvalue weighted by molar-refractivity contribution is 8.00. The molecule has 1 aliphatic heterocycles. The number of carboxylic acids is 1. The molecule has 0 unspecified atom stereocenters. The molecule has 0 aliphatic carbocycles. The monoisotopic (exact) mass is 330 g/mol. The predicted molar refractivity (Wildman–Crippen MR) is 72.6 cm³/mol. The van der Waals surface area contributed by atoms with Gasteiger partial charge in [0.1, 0.15) is 15.9 Å². The second-order valence-corrected chi connectivity index (χ2v) is 7.50. The van der Waals surface area contributed by atoms with Gasteiger partial charge in [0.25, 0.3) is 0 Å². The number of hydrogen-bond acceptors (Lipinski definition) is 8. The van der Waals surface area contributed by atoms with Crippen LogP contribution in [-0.2, 0) is 14.8 Å². The van der Waals surface area contributed by atoms with E-state index < -0.39 is 22.0 Å². The Hall–Kier alpha value is -1.23. The number of aliphatic carboxylic acids is 1. The van der Waals surface area contributed by atoms with Gasteiger partial charge in [-0.3, -0.25) is 0 Å². The van der Waals surface area contributed by atoms with Gasteiger partial charge in [-0.2, -0.15) is 13.1 Å². The highest BCUT2D eigenvalue weighted by Crippen LogP contribution is 2.31. The smallest absolute Gasteiger partial charge is 0.246 e. The molecule has 1 aromatic carbocycles. The molecule has 1 aliphatic rings. The van der Waals surface area contributed by atoms with Crippen LogP contribution in [0.3, 0.4) is 0 Å². The molecule has 106 valence electrons. The van der Waals surface area contributed by atoms with Gasteiger partial charge >= 0.3 is 0 Å². The maximum Gasteiger partial charge on any atom is 0.246 e. The molecule has 1 fully saturated rings. The molecule has 0 amide bonds. The average Bonchev–Trinajstić information content (AvgIpc) is 3.06. The van der Waals surface area contributed by atoms with Gasteiger partial charge in [-0.05, 0) is 12.1 Å². The number of thioether (sulfide) groups is 1. The quantitative estimate of drug-likeness (QED) is 0.747. The predicted octanol–water partition coefficient (Wildman–Crippen LogP) is -0.495. The summed E-state index contributed by atoms with van der Waals surface area (Å²) in [5, 5.41) is 11.0. The van der Waals surface area contributed by atoms with Gasteiger partial charge in [0, 0.05) is 5.75 Å². The molecule has 1 saturated heterocycles. The zero-order valence-corrected chi connectivity index (χ0v) is 12.4. The third kappa shape index (κ3) is 2.08. The van der Waals surface area contributed by atoms with Crippen LogP contribution < -0.4 is 5.11 Å². The van der Waals surface area contributed by atoms with Crippen molar-refractivity contribution in [2.24, 2.45) is 0 Å². The van der Waals surface area contributed by atoms with Crippen LogP contribution in [0.15, 0.2) is 23.1 Å². The SMILES string of the molecule is O=C([O-])[C@@H]1CSCN1S(=O)(=O)c1cccc2nsnc12. The fourth-order valence-corrected chi connectivity index (χ4v) is 5.84. The molecular weight excluding hydrogens is 322 g/mol. The summed E-state index contributed by atoms with van der Waals surface area (Å²) in [7, 11) is -3.93. The minimum Gasteiger partial charge on any atom is -0.548 e. The van der Waals surface area contributed by atoms with E-state index >= 15 is 0 Å². The summed E-state index contributed by atoms with van der Waals surface area (Å²) in [5.74, 6) is -1.11. The first-order valence-corrected chi connectivity index (χ1v) is 8.86. The molecule has 0 spiro atoms. The van der Waals surface area contributed by atoms with Crippen molar-refractivity contribution in [3.8, 4) is 0 Å². The van der Waals surface area contributed by atoms with E-state index in [9.17, 15) is 18.3 Å². The summed E-state index contributed by atoms with van der Waals surface area (Å²) in [6.07, 6.45) is 0. The lowest BCUT2D eigenvalue weighted by Gasteiger charge is -2.23. The normalized spacial score (nSPS) is 20.5. The van der Waals surface area contributed by atoms with Crippen molar-refractivity contribution in [2.45, 2.75) is 10.9 Å². The van der Waals surface area contributed by atoms with Gasteiger partial charge in [0.05, 0.1) is 29.6 Å². The first-order chi connectivity index (χ1) is 9.51. The van der Waals surface area contributed by atoms with Crippen LogP contribution in [0.1, 0.15) is 0 Å². The Bertz CT molecular complexity index is 773. The zero-order valence-electron chi connectivity index (χ0n) is 9.92. The lowest BCUT2D eigenvalue weighted by Crippen LogP contribution is -2.48. The molecule has 0 saturated carbocycles. The number of sulfonamides is 1. The molecule has 0 bridgehead atoms. The molecule has 3 rings (SSSR count). The molecule has 2 heterocycles. The lowest BCUT2D eigenvalue weighted by molar-refractivity contribution is -0.309. The Balaban J connectivity index is 2.12. The Kier molecular flexibility index (Phi) is 3.40. The van der Waals surface area contributed by atoms with E-state index in [1.54, 1.807) is 12.1 Å². The number of aromatic nitrogens is 2. The minimum atomic E-state index is -3.93. The van der Waals surface area contributed by atoms with Crippen molar-refractivity contribution in [3.63, 3.8) is 0 Å². The van der Waals surface area contributed by atoms with E-state index in [0.29, 0.717) is 5.52 Å². The first-order valence-electron chi connectivity index (χ1n) is 5.53.